The maximum absolute atomic E-state index is 5.10. The standard InChI is InChI=1S/C13H19N5OS/c1-4-6-14-11-16-12(18-13(17-11)19-3)15-8-10-9(2)5-7-20-10/h5,7H,4,6,8H2,1-3H3,(H2,14,15,16,17,18). The average Bonchev–Trinajstić information content (AvgIpc) is 2.88. The Morgan fingerprint density at radius 1 is 1.20 bits per heavy atom. The molecule has 0 atom stereocenters. The molecule has 108 valence electrons. The number of ether oxygens (including phenoxy) is 1. The maximum Gasteiger partial charge on any atom is 0.322 e. The number of hydrogen-bond acceptors (Lipinski definition) is 7. The van der Waals surface area contributed by atoms with Gasteiger partial charge in [0.15, 0.2) is 0 Å². The van der Waals surface area contributed by atoms with Crippen LogP contribution in [-0.2, 0) is 6.54 Å². The summed E-state index contributed by atoms with van der Waals surface area (Å²) in [5.41, 5.74) is 1.27. The van der Waals surface area contributed by atoms with E-state index < -0.39 is 0 Å². The van der Waals surface area contributed by atoms with E-state index in [0.717, 1.165) is 13.0 Å². The molecule has 0 spiro atoms. The van der Waals surface area contributed by atoms with Gasteiger partial charge < -0.3 is 15.4 Å². The number of nitrogens with zero attached hydrogens (tertiary/aromatic N) is 3. The van der Waals surface area contributed by atoms with Gasteiger partial charge in [-0.15, -0.1) is 11.3 Å². The molecule has 0 radical (unpaired) electrons. The summed E-state index contributed by atoms with van der Waals surface area (Å²) in [4.78, 5) is 14.0. The molecule has 2 aromatic rings. The van der Waals surface area contributed by atoms with Crippen molar-refractivity contribution in [1.82, 2.24) is 15.0 Å². The van der Waals surface area contributed by atoms with E-state index in [4.69, 9.17) is 4.74 Å². The Bertz CT molecular complexity index is 557. The topological polar surface area (TPSA) is 72.0 Å². The highest BCUT2D eigenvalue weighted by Gasteiger charge is 2.07. The van der Waals surface area contributed by atoms with Crippen LogP contribution in [0.15, 0.2) is 11.4 Å². The average molecular weight is 293 g/mol. The third-order valence-corrected chi connectivity index (χ3v) is 3.73. The quantitative estimate of drug-likeness (QED) is 0.818. The monoisotopic (exact) mass is 293 g/mol. The van der Waals surface area contributed by atoms with E-state index in [1.807, 2.05) is 0 Å². The number of aryl methyl sites for hydroxylation is 1. The van der Waals surface area contributed by atoms with Crippen molar-refractivity contribution in [2.45, 2.75) is 26.8 Å². The highest BCUT2D eigenvalue weighted by atomic mass is 32.1. The summed E-state index contributed by atoms with van der Waals surface area (Å²) in [6.45, 7) is 5.69. The molecular weight excluding hydrogens is 274 g/mol. The van der Waals surface area contributed by atoms with Crippen LogP contribution in [0.2, 0.25) is 0 Å². The fourth-order valence-electron chi connectivity index (χ4n) is 1.59. The maximum atomic E-state index is 5.10. The predicted octanol–water partition coefficient (Wildman–Crippen LogP) is 2.68. The molecule has 0 saturated carbocycles. The first-order valence-corrected chi connectivity index (χ1v) is 7.41. The molecule has 0 saturated heterocycles. The minimum atomic E-state index is 0.309. The van der Waals surface area contributed by atoms with E-state index in [-0.39, 0.29) is 0 Å². The summed E-state index contributed by atoms with van der Waals surface area (Å²) in [6, 6.07) is 2.41. The predicted molar refractivity (Wildman–Crippen MR) is 81.5 cm³/mol. The zero-order valence-electron chi connectivity index (χ0n) is 11.9. The lowest BCUT2D eigenvalue weighted by Crippen LogP contribution is -2.10. The van der Waals surface area contributed by atoms with Gasteiger partial charge in [-0.2, -0.15) is 15.0 Å². The van der Waals surface area contributed by atoms with E-state index in [1.54, 1.807) is 18.4 Å². The third-order valence-electron chi connectivity index (χ3n) is 2.71. The minimum absolute atomic E-state index is 0.309. The van der Waals surface area contributed by atoms with Crippen LogP contribution in [0.4, 0.5) is 11.9 Å². The summed E-state index contributed by atoms with van der Waals surface area (Å²) in [7, 11) is 1.55. The number of anilines is 2. The third kappa shape index (κ3) is 3.80. The van der Waals surface area contributed by atoms with Crippen LogP contribution in [-0.4, -0.2) is 28.6 Å². The van der Waals surface area contributed by atoms with Crippen molar-refractivity contribution in [1.29, 1.82) is 0 Å². The number of methoxy groups -OCH3 is 1. The SMILES string of the molecule is CCCNc1nc(NCc2sccc2C)nc(OC)n1. The van der Waals surface area contributed by atoms with Crippen molar-refractivity contribution in [2.24, 2.45) is 0 Å². The van der Waals surface area contributed by atoms with Gasteiger partial charge in [-0.25, -0.2) is 0 Å². The number of nitrogens with one attached hydrogen (secondary N) is 2. The molecule has 2 N–H and O–H groups in total. The molecular formula is C13H19N5OS. The van der Waals surface area contributed by atoms with E-state index in [1.165, 1.54) is 10.4 Å². The fraction of sp³-hybridized carbons (Fsp3) is 0.462. The van der Waals surface area contributed by atoms with Gasteiger partial charge in [0.2, 0.25) is 11.9 Å². The summed E-state index contributed by atoms with van der Waals surface area (Å²) in [5, 5.41) is 8.42. The summed E-state index contributed by atoms with van der Waals surface area (Å²) >= 11 is 1.72. The Hall–Kier alpha value is -1.89. The molecule has 0 unspecified atom stereocenters. The van der Waals surface area contributed by atoms with Gasteiger partial charge in [-0.1, -0.05) is 6.92 Å². The van der Waals surface area contributed by atoms with Crippen molar-refractivity contribution < 1.29 is 4.74 Å². The molecule has 0 aliphatic carbocycles. The highest BCUT2D eigenvalue weighted by molar-refractivity contribution is 7.10. The summed E-state index contributed by atoms with van der Waals surface area (Å²) in [6.07, 6.45) is 1.01. The molecule has 2 rings (SSSR count). The van der Waals surface area contributed by atoms with Gasteiger partial charge in [0, 0.05) is 11.4 Å². The molecule has 20 heavy (non-hydrogen) atoms. The van der Waals surface area contributed by atoms with Gasteiger partial charge >= 0.3 is 6.01 Å². The van der Waals surface area contributed by atoms with Gasteiger partial charge in [0.05, 0.1) is 13.7 Å². The fourth-order valence-corrected chi connectivity index (χ4v) is 2.43. The van der Waals surface area contributed by atoms with Crippen LogP contribution < -0.4 is 15.4 Å². The number of rotatable bonds is 7. The van der Waals surface area contributed by atoms with Crippen molar-refractivity contribution in [3.63, 3.8) is 0 Å². The lowest BCUT2D eigenvalue weighted by atomic mass is 10.3. The molecule has 0 fully saturated rings. The summed E-state index contributed by atoms with van der Waals surface area (Å²) < 4.78 is 5.10. The van der Waals surface area contributed by atoms with E-state index in [9.17, 15) is 0 Å². The first kappa shape index (κ1) is 14.5. The minimum Gasteiger partial charge on any atom is -0.467 e. The molecule has 0 amide bonds. The first-order chi connectivity index (χ1) is 9.72. The highest BCUT2D eigenvalue weighted by Crippen LogP contribution is 2.17. The van der Waals surface area contributed by atoms with E-state index >= 15 is 0 Å². The van der Waals surface area contributed by atoms with Gasteiger partial charge in [0.1, 0.15) is 0 Å². The normalized spacial score (nSPS) is 10.3. The molecule has 7 heteroatoms. The van der Waals surface area contributed by atoms with Crippen molar-refractivity contribution >= 4 is 23.2 Å². The van der Waals surface area contributed by atoms with Gasteiger partial charge in [-0.3, -0.25) is 0 Å². The molecule has 0 bridgehead atoms. The first-order valence-electron chi connectivity index (χ1n) is 6.53. The largest absolute Gasteiger partial charge is 0.467 e. The molecule has 6 nitrogen and oxygen atoms in total. The van der Waals surface area contributed by atoms with Gasteiger partial charge in [0.25, 0.3) is 0 Å². The number of hydrogen-bond donors (Lipinski definition) is 2. The molecule has 2 heterocycles. The lowest BCUT2D eigenvalue weighted by Gasteiger charge is -2.08. The Balaban J connectivity index is 2.07. The van der Waals surface area contributed by atoms with Crippen LogP contribution in [0.5, 0.6) is 6.01 Å². The number of aromatic nitrogens is 3. The smallest absolute Gasteiger partial charge is 0.322 e. The van der Waals surface area contributed by atoms with Crippen molar-refractivity contribution in [3.8, 4) is 6.01 Å². The van der Waals surface area contributed by atoms with Crippen LogP contribution in [0.3, 0.4) is 0 Å². The van der Waals surface area contributed by atoms with Gasteiger partial charge in [-0.05, 0) is 30.4 Å². The molecule has 0 aliphatic heterocycles. The van der Waals surface area contributed by atoms with Crippen LogP contribution in [0, 0.1) is 6.92 Å². The second kappa shape index (κ2) is 7.04. The molecule has 0 aliphatic rings. The second-order valence-corrected chi connectivity index (χ2v) is 5.28. The Morgan fingerprint density at radius 3 is 2.55 bits per heavy atom. The molecule has 2 aromatic heterocycles. The van der Waals surface area contributed by atoms with E-state index in [0.29, 0.717) is 24.5 Å². The Morgan fingerprint density at radius 2 is 1.95 bits per heavy atom. The Kier molecular flexibility index (Phi) is 5.11. The van der Waals surface area contributed by atoms with Crippen LogP contribution >= 0.6 is 11.3 Å². The van der Waals surface area contributed by atoms with E-state index in [2.05, 4.69) is 50.9 Å². The zero-order chi connectivity index (χ0) is 14.4. The zero-order valence-corrected chi connectivity index (χ0v) is 12.8. The van der Waals surface area contributed by atoms with Crippen LogP contribution in [0.25, 0.3) is 0 Å². The summed E-state index contributed by atoms with van der Waals surface area (Å²) in [5.74, 6) is 1.05. The van der Waals surface area contributed by atoms with Crippen molar-refractivity contribution in [3.05, 3.63) is 21.9 Å². The number of thiophene rings is 1. The Labute approximate surface area is 122 Å². The molecule has 0 aromatic carbocycles. The van der Waals surface area contributed by atoms with Crippen LogP contribution in [0.1, 0.15) is 23.8 Å². The lowest BCUT2D eigenvalue weighted by molar-refractivity contribution is 0.379. The van der Waals surface area contributed by atoms with Crippen molar-refractivity contribution in [2.75, 3.05) is 24.3 Å². The second-order valence-electron chi connectivity index (χ2n) is 4.28.